The minimum atomic E-state index is 0.0122. The van der Waals surface area contributed by atoms with Gasteiger partial charge in [0.25, 0.3) is 0 Å². The molecule has 0 spiro atoms. The molecule has 1 aliphatic carbocycles. The second-order valence-electron chi connectivity index (χ2n) is 2.39. The molecule has 1 saturated carbocycles. The number of aliphatic hydroxyl groups is 1. The molecular weight excluding hydrogens is 124 g/mol. The molecule has 0 heterocycles. The van der Waals surface area contributed by atoms with Crippen molar-refractivity contribution >= 4 is 11.6 Å². The van der Waals surface area contributed by atoms with Crippen LogP contribution in [0.2, 0.25) is 0 Å². The van der Waals surface area contributed by atoms with Gasteiger partial charge >= 0.3 is 0 Å². The fourth-order valence-electron chi connectivity index (χ4n) is 0.881. The van der Waals surface area contributed by atoms with Gasteiger partial charge in [0.2, 0.25) is 0 Å². The van der Waals surface area contributed by atoms with Crippen molar-refractivity contribution in [3.8, 4) is 0 Å². The van der Waals surface area contributed by atoms with E-state index in [4.69, 9.17) is 16.7 Å². The van der Waals surface area contributed by atoms with E-state index in [1.165, 1.54) is 0 Å². The first kappa shape index (κ1) is 6.37. The highest BCUT2D eigenvalue weighted by Gasteiger charge is 2.33. The number of halogens is 1. The first-order valence-corrected chi connectivity index (χ1v) is 3.62. The maximum Gasteiger partial charge on any atom is 0.0573 e. The Labute approximate surface area is 54.7 Å². The van der Waals surface area contributed by atoms with Crippen LogP contribution in [0.25, 0.3) is 0 Å². The SMILES string of the molecule is OC1CC1CCCCl. The summed E-state index contributed by atoms with van der Waals surface area (Å²) in [5.41, 5.74) is 0. The van der Waals surface area contributed by atoms with Crippen LogP contribution in [-0.2, 0) is 0 Å². The van der Waals surface area contributed by atoms with Crippen LogP contribution < -0.4 is 0 Å². The van der Waals surface area contributed by atoms with Gasteiger partial charge in [-0.2, -0.15) is 0 Å². The van der Waals surface area contributed by atoms with E-state index in [-0.39, 0.29) is 6.10 Å². The number of alkyl halides is 1. The summed E-state index contributed by atoms with van der Waals surface area (Å²) in [6.45, 7) is 0. The van der Waals surface area contributed by atoms with Crippen LogP contribution in [0.15, 0.2) is 0 Å². The lowest BCUT2D eigenvalue weighted by Crippen LogP contribution is -1.85. The highest BCUT2D eigenvalue weighted by Crippen LogP contribution is 2.34. The summed E-state index contributed by atoms with van der Waals surface area (Å²) in [5.74, 6) is 1.33. The lowest BCUT2D eigenvalue weighted by molar-refractivity contribution is 0.256. The Kier molecular flexibility index (Phi) is 2.15. The summed E-state index contributed by atoms with van der Waals surface area (Å²) in [6, 6.07) is 0. The van der Waals surface area contributed by atoms with E-state index in [1.54, 1.807) is 0 Å². The number of rotatable bonds is 3. The maximum absolute atomic E-state index is 8.81. The minimum absolute atomic E-state index is 0.0122. The number of hydrogen-bond donors (Lipinski definition) is 1. The molecule has 8 heavy (non-hydrogen) atoms. The van der Waals surface area contributed by atoms with Crippen LogP contribution in [0.4, 0.5) is 0 Å². The van der Waals surface area contributed by atoms with Gasteiger partial charge in [-0.15, -0.1) is 11.6 Å². The Bertz CT molecular complexity index is 74.9. The normalized spacial score (nSPS) is 35.2. The van der Waals surface area contributed by atoms with Gasteiger partial charge in [0.1, 0.15) is 0 Å². The van der Waals surface area contributed by atoms with Crippen LogP contribution in [-0.4, -0.2) is 17.1 Å². The Morgan fingerprint density at radius 3 is 2.62 bits per heavy atom. The van der Waals surface area contributed by atoms with E-state index in [9.17, 15) is 0 Å². The first-order chi connectivity index (χ1) is 3.84. The lowest BCUT2D eigenvalue weighted by atomic mass is 10.2. The quantitative estimate of drug-likeness (QED) is 0.579. The predicted molar refractivity (Wildman–Crippen MR) is 34.1 cm³/mol. The van der Waals surface area contributed by atoms with Crippen molar-refractivity contribution in [2.24, 2.45) is 5.92 Å². The van der Waals surface area contributed by atoms with E-state index in [0.29, 0.717) is 5.92 Å². The van der Waals surface area contributed by atoms with Crippen molar-refractivity contribution in [2.75, 3.05) is 5.88 Å². The smallest absolute Gasteiger partial charge is 0.0573 e. The molecule has 48 valence electrons. The molecule has 0 aromatic rings. The van der Waals surface area contributed by atoms with Crippen molar-refractivity contribution in [1.82, 2.24) is 0 Å². The molecule has 2 unspecified atom stereocenters. The molecule has 0 radical (unpaired) electrons. The molecule has 0 bridgehead atoms. The predicted octanol–water partition coefficient (Wildman–Crippen LogP) is 1.39. The van der Waals surface area contributed by atoms with E-state index in [1.807, 2.05) is 0 Å². The molecule has 1 rings (SSSR count). The van der Waals surface area contributed by atoms with Crippen LogP contribution in [0.5, 0.6) is 0 Å². The van der Waals surface area contributed by atoms with Gasteiger partial charge in [-0.05, 0) is 25.2 Å². The molecule has 2 heteroatoms. The van der Waals surface area contributed by atoms with Gasteiger partial charge in [-0.1, -0.05) is 0 Å². The third-order valence-corrected chi connectivity index (χ3v) is 1.86. The largest absolute Gasteiger partial charge is 0.393 e. The van der Waals surface area contributed by atoms with Crippen molar-refractivity contribution in [3.05, 3.63) is 0 Å². The van der Waals surface area contributed by atoms with Crippen molar-refractivity contribution in [3.63, 3.8) is 0 Å². The molecule has 0 aliphatic heterocycles. The number of aliphatic hydroxyl groups excluding tert-OH is 1. The minimum Gasteiger partial charge on any atom is -0.393 e. The van der Waals surface area contributed by atoms with Gasteiger partial charge in [0, 0.05) is 5.88 Å². The topological polar surface area (TPSA) is 20.2 Å². The van der Waals surface area contributed by atoms with Crippen molar-refractivity contribution in [2.45, 2.75) is 25.4 Å². The molecule has 0 amide bonds. The van der Waals surface area contributed by atoms with Gasteiger partial charge in [0.15, 0.2) is 0 Å². The van der Waals surface area contributed by atoms with Gasteiger partial charge in [-0.3, -0.25) is 0 Å². The number of hydrogen-bond acceptors (Lipinski definition) is 1. The zero-order valence-electron chi connectivity index (χ0n) is 4.81. The van der Waals surface area contributed by atoms with Crippen LogP contribution in [0.1, 0.15) is 19.3 Å². The van der Waals surface area contributed by atoms with E-state index < -0.39 is 0 Å². The third kappa shape index (κ3) is 1.64. The fourth-order valence-corrected chi connectivity index (χ4v) is 1.04. The second-order valence-corrected chi connectivity index (χ2v) is 2.77. The summed E-state index contributed by atoms with van der Waals surface area (Å²) < 4.78 is 0. The Balaban J connectivity index is 1.89. The molecule has 1 N–H and O–H groups in total. The van der Waals surface area contributed by atoms with E-state index in [2.05, 4.69) is 0 Å². The average Bonchev–Trinajstić information content (AvgIpc) is 2.42. The van der Waals surface area contributed by atoms with Crippen LogP contribution >= 0.6 is 11.6 Å². The van der Waals surface area contributed by atoms with Crippen LogP contribution in [0, 0.1) is 5.92 Å². The summed E-state index contributed by atoms with van der Waals surface area (Å²) >= 11 is 5.44. The summed E-state index contributed by atoms with van der Waals surface area (Å²) in [5, 5.41) is 8.81. The Hall–Kier alpha value is 0.250. The summed E-state index contributed by atoms with van der Waals surface area (Å²) in [7, 11) is 0. The molecule has 0 saturated heterocycles. The zero-order valence-corrected chi connectivity index (χ0v) is 5.56. The molecule has 0 aromatic carbocycles. The summed E-state index contributed by atoms with van der Waals surface area (Å²) in [4.78, 5) is 0. The standard InChI is InChI=1S/C6H11ClO/c7-3-1-2-5-4-6(5)8/h5-6,8H,1-4H2. The van der Waals surface area contributed by atoms with E-state index >= 15 is 0 Å². The Morgan fingerprint density at radius 2 is 2.25 bits per heavy atom. The third-order valence-electron chi connectivity index (χ3n) is 1.59. The van der Waals surface area contributed by atoms with Gasteiger partial charge < -0.3 is 5.11 Å². The van der Waals surface area contributed by atoms with E-state index in [0.717, 1.165) is 25.1 Å². The van der Waals surface area contributed by atoms with Crippen molar-refractivity contribution < 1.29 is 5.11 Å². The zero-order chi connectivity index (χ0) is 5.98. The van der Waals surface area contributed by atoms with Crippen molar-refractivity contribution in [1.29, 1.82) is 0 Å². The van der Waals surface area contributed by atoms with Crippen LogP contribution in [0.3, 0.4) is 0 Å². The molecule has 0 aromatic heterocycles. The Morgan fingerprint density at radius 1 is 1.62 bits per heavy atom. The maximum atomic E-state index is 8.81. The second kappa shape index (κ2) is 2.70. The monoisotopic (exact) mass is 134 g/mol. The average molecular weight is 135 g/mol. The van der Waals surface area contributed by atoms with Gasteiger partial charge in [-0.25, -0.2) is 0 Å². The highest BCUT2D eigenvalue weighted by molar-refractivity contribution is 6.17. The molecular formula is C6H11ClO. The molecule has 1 fully saturated rings. The fraction of sp³-hybridized carbons (Fsp3) is 1.00. The molecule has 1 aliphatic rings. The lowest BCUT2D eigenvalue weighted by Gasteiger charge is -1.89. The molecule has 2 atom stereocenters. The van der Waals surface area contributed by atoms with Gasteiger partial charge in [0.05, 0.1) is 6.10 Å². The summed E-state index contributed by atoms with van der Waals surface area (Å²) in [6.07, 6.45) is 3.20. The molecule has 1 nitrogen and oxygen atoms in total. The first-order valence-electron chi connectivity index (χ1n) is 3.08. The highest BCUT2D eigenvalue weighted by atomic mass is 35.5.